The molecular weight excluding hydrogens is 192 g/mol. The van der Waals surface area contributed by atoms with E-state index in [2.05, 4.69) is 5.10 Å². The van der Waals surface area contributed by atoms with E-state index in [1.54, 1.807) is 23.0 Å². The zero-order valence-electron chi connectivity index (χ0n) is 8.73. The highest BCUT2D eigenvalue weighted by Crippen LogP contribution is 2.10. The summed E-state index contributed by atoms with van der Waals surface area (Å²) in [4.78, 5) is 11.7. The van der Waals surface area contributed by atoms with Crippen molar-refractivity contribution < 1.29 is 9.21 Å². The second kappa shape index (κ2) is 3.73. The average molecular weight is 204 g/mol. The van der Waals surface area contributed by atoms with Crippen LogP contribution < -0.4 is 0 Å². The minimum Gasteiger partial charge on any atom is -0.458 e. The number of hydrogen-bond donors (Lipinski definition) is 0. The van der Waals surface area contributed by atoms with Crippen LogP contribution in [0.4, 0.5) is 0 Å². The molecule has 15 heavy (non-hydrogen) atoms. The maximum absolute atomic E-state index is 11.7. The minimum atomic E-state index is -0.0175. The number of aryl methyl sites for hydroxylation is 2. The van der Waals surface area contributed by atoms with Gasteiger partial charge < -0.3 is 4.42 Å². The van der Waals surface area contributed by atoms with Gasteiger partial charge in [-0.15, -0.1) is 0 Å². The van der Waals surface area contributed by atoms with E-state index in [1.807, 2.05) is 20.2 Å². The Morgan fingerprint density at radius 3 is 2.87 bits per heavy atom. The summed E-state index contributed by atoms with van der Waals surface area (Å²) in [5, 5.41) is 4.00. The predicted octanol–water partition coefficient (Wildman–Crippen LogP) is 1.75. The van der Waals surface area contributed by atoms with Crippen LogP contribution in [0, 0.1) is 6.92 Å². The number of carbonyl (C=O) groups excluding carboxylic acids is 1. The third-order valence-corrected chi connectivity index (χ3v) is 2.14. The first-order valence-electron chi connectivity index (χ1n) is 4.72. The maximum atomic E-state index is 11.7. The lowest BCUT2D eigenvalue weighted by molar-refractivity contribution is 0.0965. The van der Waals surface area contributed by atoms with Gasteiger partial charge in [0.2, 0.25) is 5.78 Å². The molecule has 4 heteroatoms. The molecule has 0 saturated heterocycles. The first kappa shape index (κ1) is 9.71. The summed E-state index contributed by atoms with van der Waals surface area (Å²) in [5.74, 6) is 1.15. The molecule has 0 aliphatic heterocycles. The van der Waals surface area contributed by atoms with E-state index in [-0.39, 0.29) is 5.78 Å². The number of rotatable bonds is 3. The Balaban J connectivity index is 2.10. The lowest BCUT2D eigenvalue weighted by Crippen LogP contribution is -2.01. The van der Waals surface area contributed by atoms with Crippen molar-refractivity contribution in [1.82, 2.24) is 9.78 Å². The van der Waals surface area contributed by atoms with Crippen LogP contribution in [0.2, 0.25) is 0 Å². The monoisotopic (exact) mass is 204 g/mol. The van der Waals surface area contributed by atoms with Gasteiger partial charge in [0.25, 0.3) is 0 Å². The van der Waals surface area contributed by atoms with Gasteiger partial charge in [0, 0.05) is 19.7 Å². The van der Waals surface area contributed by atoms with Gasteiger partial charge >= 0.3 is 0 Å². The van der Waals surface area contributed by atoms with Gasteiger partial charge in [-0.25, -0.2) is 0 Å². The van der Waals surface area contributed by atoms with Crippen molar-refractivity contribution in [1.29, 1.82) is 0 Å². The topological polar surface area (TPSA) is 48.0 Å². The molecule has 0 fully saturated rings. The highest BCUT2D eigenvalue weighted by atomic mass is 16.3. The van der Waals surface area contributed by atoms with Crippen LogP contribution in [-0.2, 0) is 13.5 Å². The maximum Gasteiger partial charge on any atom is 0.202 e. The number of furan rings is 1. The van der Waals surface area contributed by atoms with Gasteiger partial charge in [-0.2, -0.15) is 5.10 Å². The van der Waals surface area contributed by atoms with E-state index in [4.69, 9.17) is 4.42 Å². The van der Waals surface area contributed by atoms with Crippen molar-refractivity contribution in [2.24, 2.45) is 7.05 Å². The summed E-state index contributed by atoms with van der Waals surface area (Å²) >= 11 is 0. The van der Waals surface area contributed by atoms with E-state index in [0.717, 1.165) is 11.3 Å². The van der Waals surface area contributed by atoms with Crippen LogP contribution in [0.25, 0.3) is 0 Å². The third kappa shape index (κ3) is 2.15. The fraction of sp³-hybridized carbons (Fsp3) is 0.273. The first-order valence-corrected chi connectivity index (χ1v) is 4.72. The van der Waals surface area contributed by atoms with Gasteiger partial charge in [-0.05, 0) is 24.6 Å². The normalized spacial score (nSPS) is 10.5. The smallest absolute Gasteiger partial charge is 0.202 e. The quantitative estimate of drug-likeness (QED) is 0.715. The van der Waals surface area contributed by atoms with Gasteiger partial charge in [0.05, 0.1) is 6.20 Å². The Kier molecular flexibility index (Phi) is 2.41. The summed E-state index contributed by atoms with van der Waals surface area (Å²) in [6.07, 6.45) is 3.85. The van der Waals surface area contributed by atoms with Crippen LogP contribution in [-0.4, -0.2) is 15.6 Å². The molecule has 0 amide bonds. The third-order valence-electron chi connectivity index (χ3n) is 2.14. The van der Waals surface area contributed by atoms with Crippen LogP contribution >= 0.6 is 0 Å². The van der Waals surface area contributed by atoms with E-state index in [9.17, 15) is 4.79 Å². The Hall–Kier alpha value is -1.84. The summed E-state index contributed by atoms with van der Waals surface area (Å²) in [6, 6.07) is 3.49. The summed E-state index contributed by atoms with van der Waals surface area (Å²) in [7, 11) is 1.82. The molecular formula is C11H12N2O2. The molecule has 0 spiro atoms. The Bertz CT molecular complexity index is 482. The standard InChI is InChI=1S/C11H12N2O2/c1-8-3-4-11(15-8)10(14)5-9-6-12-13(2)7-9/h3-4,6-7H,5H2,1-2H3. The fourth-order valence-electron chi connectivity index (χ4n) is 1.42. The second-order valence-corrected chi connectivity index (χ2v) is 3.53. The Morgan fingerprint density at radius 1 is 1.53 bits per heavy atom. The number of carbonyl (C=O) groups is 1. The molecule has 0 radical (unpaired) electrons. The van der Waals surface area contributed by atoms with Gasteiger partial charge in [0.15, 0.2) is 5.76 Å². The fourth-order valence-corrected chi connectivity index (χ4v) is 1.42. The molecule has 2 rings (SSSR count). The van der Waals surface area contributed by atoms with Crippen molar-refractivity contribution >= 4 is 5.78 Å². The second-order valence-electron chi connectivity index (χ2n) is 3.53. The highest BCUT2D eigenvalue weighted by Gasteiger charge is 2.11. The molecule has 0 aliphatic carbocycles. The van der Waals surface area contributed by atoms with Crippen LogP contribution in [0.5, 0.6) is 0 Å². The van der Waals surface area contributed by atoms with Gasteiger partial charge in [0.1, 0.15) is 5.76 Å². The number of Topliss-reactive ketones (excluding diaryl/α,β-unsaturated/α-hetero) is 1. The van der Waals surface area contributed by atoms with E-state index < -0.39 is 0 Å². The van der Waals surface area contributed by atoms with Crippen LogP contribution in [0.15, 0.2) is 28.9 Å². The molecule has 0 aromatic carbocycles. The lowest BCUT2D eigenvalue weighted by atomic mass is 10.1. The molecule has 78 valence electrons. The van der Waals surface area contributed by atoms with E-state index in [1.165, 1.54) is 0 Å². The molecule has 2 aromatic heterocycles. The van der Waals surface area contributed by atoms with Crippen molar-refractivity contribution in [3.8, 4) is 0 Å². The number of ketones is 1. The van der Waals surface area contributed by atoms with Crippen molar-refractivity contribution in [2.45, 2.75) is 13.3 Å². The molecule has 0 bridgehead atoms. The Morgan fingerprint density at radius 2 is 2.33 bits per heavy atom. The van der Waals surface area contributed by atoms with Gasteiger partial charge in [-0.3, -0.25) is 9.48 Å². The van der Waals surface area contributed by atoms with Crippen molar-refractivity contribution in [2.75, 3.05) is 0 Å². The number of hydrogen-bond acceptors (Lipinski definition) is 3. The first-order chi connectivity index (χ1) is 7.15. The van der Waals surface area contributed by atoms with E-state index >= 15 is 0 Å². The summed E-state index contributed by atoms with van der Waals surface area (Å²) < 4.78 is 6.92. The molecule has 0 N–H and O–H groups in total. The molecule has 2 heterocycles. The molecule has 4 nitrogen and oxygen atoms in total. The largest absolute Gasteiger partial charge is 0.458 e. The zero-order chi connectivity index (χ0) is 10.8. The average Bonchev–Trinajstić information content (AvgIpc) is 2.75. The molecule has 0 atom stereocenters. The molecule has 0 aliphatic rings. The van der Waals surface area contributed by atoms with Crippen molar-refractivity contribution in [3.63, 3.8) is 0 Å². The van der Waals surface area contributed by atoms with E-state index in [0.29, 0.717) is 12.2 Å². The molecule has 0 unspecified atom stereocenters. The van der Waals surface area contributed by atoms with Crippen molar-refractivity contribution in [3.05, 3.63) is 41.6 Å². The highest BCUT2D eigenvalue weighted by molar-refractivity contribution is 5.94. The minimum absolute atomic E-state index is 0.0175. The zero-order valence-corrected chi connectivity index (χ0v) is 8.73. The number of aromatic nitrogens is 2. The van der Waals surface area contributed by atoms with Crippen LogP contribution in [0.3, 0.4) is 0 Å². The lowest BCUT2D eigenvalue weighted by Gasteiger charge is -1.93. The predicted molar refractivity (Wildman–Crippen MR) is 54.7 cm³/mol. The SMILES string of the molecule is Cc1ccc(C(=O)Cc2cnn(C)c2)o1. The number of nitrogens with zero attached hydrogens (tertiary/aromatic N) is 2. The van der Waals surface area contributed by atoms with Gasteiger partial charge in [-0.1, -0.05) is 0 Å². The molecule has 2 aromatic rings. The molecule has 0 saturated carbocycles. The van der Waals surface area contributed by atoms with Crippen LogP contribution in [0.1, 0.15) is 21.9 Å². The summed E-state index contributed by atoms with van der Waals surface area (Å²) in [5.41, 5.74) is 0.900. The Labute approximate surface area is 87.5 Å². The summed E-state index contributed by atoms with van der Waals surface area (Å²) in [6.45, 7) is 1.82.